The van der Waals surface area contributed by atoms with Gasteiger partial charge in [-0.15, -0.1) is 0 Å². The Morgan fingerprint density at radius 2 is 1.56 bits per heavy atom. The SMILES string of the molecule is COc1ccc(C(=O)O)cc1S(=O)(=O)Nc1ccc(-c2ccccc2)cc1. The molecule has 0 fully saturated rings. The summed E-state index contributed by atoms with van der Waals surface area (Å²) in [6.07, 6.45) is 0. The molecule has 0 bridgehead atoms. The molecule has 3 rings (SSSR count). The van der Waals surface area contributed by atoms with Gasteiger partial charge >= 0.3 is 5.97 Å². The highest BCUT2D eigenvalue weighted by Crippen LogP contribution is 2.28. The van der Waals surface area contributed by atoms with E-state index in [1.807, 2.05) is 30.3 Å². The van der Waals surface area contributed by atoms with E-state index in [0.717, 1.165) is 17.2 Å². The van der Waals surface area contributed by atoms with Gasteiger partial charge in [-0.3, -0.25) is 4.72 Å². The summed E-state index contributed by atoms with van der Waals surface area (Å²) in [4.78, 5) is 10.9. The van der Waals surface area contributed by atoms with Crippen LogP contribution in [0.5, 0.6) is 5.75 Å². The Labute approximate surface area is 157 Å². The average Bonchev–Trinajstić information content (AvgIpc) is 2.68. The number of carboxylic acids is 1. The number of rotatable bonds is 6. The fourth-order valence-electron chi connectivity index (χ4n) is 2.59. The number of hydrogen-bond acceptors (Lipinski definition) is 4. The number of hydrogen-bond donors (Lipinski definition) is 2. The molecule has 0 aliphatic heterocycles. The van der Waals surface area contributed by atoms with Gasteiger partial charge in [-0.1, -0.05) is 42.5 Å². The van der Waals surface area contributed by atoms with E-state index in [9.17, 15) is 13.2 Å². The molecule has 138 valence electrons. The summed E-state index contributed by atoms with van der Waals surface area (Å²) in [5.41, 5.74) is 2.18. The van der Waals surface area contributed by atoms with Crippen LogP contribution in [0.3, 0.4) is 0 Å². The van der Waals surface area contributed by atoms with Crippen molar-refractivity contribution in [1.82, 2.24) is 0 Å². The highest BCUT2D eigenvalue weighted by atomic mass is 32.2. The minimum absolute atomic E-state index is 0.0633. The standard InChI is InChI=1S/C20H17NO5S/c1-26-18-12-9-16(20(22)23)13-19(18)27(24,25)21-17-10-7-15(8-11-17)14-5-3-2-4-6-14/h2-13,21H,1H3,(H,22,23). The van der Waals surface area contributed by atoms with Gasteiger partial charge in [-0.2, -0.15) is 0 Å². The first-order valence-electron chi connectivity index (χ1n) is 8.00. The second-order valence-electron chi connectivity index (χ2n) is 5.72. The molecule has 27 heavy (non-hydrogen) atoms. The lowest BCUT2D eigenvalue weighted by Gasteiger charge is -2.13. The first kappa shape index (κ1) is 18.5. The van der Waals surface area contributed by atoms with Crippen molar-refractivity contribution in [3.05, 3.63) is 78.4 Å². The molecule has 7 heteroatoms. The summed E-state index contributed by atoms with van der Waals surface area (Å²) >= 11 is 0. The highest BCUT2D eigenvalue weighted by Gasteiger charge is 2.22. The molecule has 3 aromatic rings. The van der Waals surface area contributed by atoms with Gasteiger partial charge in [0.1, 0.15) is 10.6 Å². The summed E-state index contributed by atoms with van der Waals surface area (Å²) in [5, 5.41) is 9.11. The van der Waals surface area contributed by atoms with E-state index in [2.05, 4.69) is 4.72 Å². The number of anilines is 1. The van der Waals surface area contributed by atoms with Crippen LogP contribution in [-0.2, 0) is 10.0 Å². The lowest BCUT2D eigenvalue weighted by atomic mass is 10.1. The van der Waals surface area contributed by atoms with E-state index < -0.39 is 16.0 Å². The molecular weight excluding hydrogens is 366 g/mol. The molecule has 0 unspecified atom stereocenters. The smallest absolute Gasteiger partial charge is 0.335 e. The number of carboxylic acid groups (broad SMARTS) is 1. The van der Waals surface area contributed by atoms with Crippen LogP contribution in [-0.4, -0.2) is 26.6 Å². The van der Waals surface area contributed by atoms with Crippen LogP contribution in [0.2, 0.25) is 0 Å². The maximum Gasteiger partial charge on any atom is 0.335 e. The van der Waals surface area contributed by atoms with E-state index in [1.165, 1.54) is 19.2 Å². The number of ether oxygens (including phenoxy) is 1. The van der Waals surface area contributed by atoms with Gasteiger partial charge in [0.15, 0.2) is 0 Å². The number of benzene rings is 3. The average molecular weight is 383 g/mol. The van der Waals surface area contributed by atoms with Gasteiger partial charge in [0, 0.05) is 5.69 Å². The highest BCUT2D eigenvalue weighted by molar-refractivity contribution is 7.92. The molecule has 2 N–H and O–H groups in total. The number of aromatic carboxylic acids is 1. The van der Waals surface area contributed by atoms with Crippen LogP contribution in [0.1, 0.15) is 10.4 Å². The minimum Gasteiger partial charge on any atom is -0.495 e. The fourth-order valence-corrected chi connectivity index (χ4v) is 3.85. The molecule has 0 saturated heterocycles. The van der Waals surface area contributed by atoms with Crippen molar-refractivity contribution in [3.63, 3.8) is 0 Å². The predicted molar refractivity (Wildman–Crippen MR) is 103 cm³/mol. The van der Waals surface area contributed by atoms with Crippen LogP contribution in [0.15, 0.2) is 77.7 Å². The van der Waals surface area contributed by atoms with Crippen molar-refractivity contribution in [2.75, 3.05) is 11.8 Å². The predicted octanol–water partition coefficient (Wildman–Crippen LogP) is 3.86. The Kier molecular flexibility index (Phi) is 5.14. The van der Waals surface area contributed by atoms with Crippen molar-refractivity contribution in [2.24, 2.45) is 0 Å². The Bertz CT molecular complexity index is 1060. The molecule has 0 amide bonds. The number of nitrogens with one attached hydrogen (secondary N) is 1. The van der Waals surface area contributed by atoms with Crippen LogP contribution < -0.4 is 9.46 Å². The van der Waals surface area contributed by atoms with Crippen molar-refractivity contribution in [1.29, 1.82) is 0 Å². The maximum atomic E-state index is 12.7. The van der Waals surface area contributed by atoms with Crippen molar-refractivity contribution in [3.8, 4) is 16.9 Å². The molecule has 0 radical (unpaired) electrons. The lowest BCUT2D eigenvalue weighted by molar-refractivity contribution is 0.0696. The van der Waals surface area contributed by atoms with Crippen LogP contribution in [0.25, 0.3) is 11.1 Å². The van der Waals surface area contributed by atoms with Gasteiger partial charge in [0.25, 0.3) is 10.0 Å². The summed E-state index contributed by atoms with van der Waals surface area (Å²) in [6.45, 7) is 0. The summed E-state index contributed by atoms with van der Waals surface area (Å²) in [6, 6.07) is 20.3. The second kappa shape index (κ2) is 7.51. The first-order valence-corrected chi connectivity index (χ1v) is 9.48. The van der Waals surface area contributed by atoms with Crippen LogP contribution in [0, 0.1) is 0 Å². The molecule has 3 aromatic carbocycles. The quantitative estimate of drug-likeness (QED) is 0.674. The van der Waals surface area contributed by atoms with E-state index in [4.69, 9.17) is 9.84 Å². The summed E-state index contributed by atoms with van der Waals surface area (Å²) in [7, 11) is -2.71. The summed E-state index contributed by atoms with van der Waals surface area (Å²) in [5.74, 6) is -1.16. The zero-order valence-electron chi connectivity index (χ0n) is 14.4. The third-order valence-corrected chi connectivity index (χ3v) is 5.35. The minimum atomic E-state index is -4.03. The molecule has 0 atom stereocenters. The third-order valence-electron chi connectivity index (χ3n) is 3.94. The topological polar surface area (TPSA) is 92.7 Å². The zero-order valence-corrected chi connectivity index (χ0v) is 15.2. The van der Waals surface area contributed by atoms with E-state index in [-0.39, 0.29) is 16.2 Å². The largest absolute Gasteiger partial charge is 0.495 e. The molecular formula is C20H17NO5S. The van der Waals surface area contributed by atoms with Crippen LogP contribution in [0.4, 0.5) is 5.69 Å². The summed E-state index contributed by atoms with van der Waals surface area (Å²) < 4.78 is 33.0. The molecule has 0 aromatic heterocycles. The van der Waals surface area contributed by atoms with Gasteiger partial charge in [0.2, 0.25) is 0 Å². The second-order valence-corrected chi connectivity index (χ2v) is 7.37. The number of methoxy groups -OCH3 is 1. The van der Waals surface area contributed by atoms with Gasteiger partial charge < -0.3 is 9.84 Å². The number of carbonyl (C=O) groups is 1. The Balaban J connectivity index is 1.91. The molecule has 0 spiro atoms. The lowest BCUT2D eigenvalue weighted by Crippen LogP contribution is -2.15. The van der Waals surface area contributed by atoms with Crippen molar-refractivity contribution in [2.45, 2.75) is 4.90 Å². The molecule has 0 heterocycles. The van der Waals surface area contributed by atoms with Crippen molar-refractivity contribution >= 4 is 21.7 Å². The Morgan fingerprint density at radius 3 is 2.15 bits per heavy atom. The normalized spacial score (nSPS) is 11.0. The van der Waals surface area contributed by atoms with Gasteiger partial charge in [-0.05, 0) is 41.5 Å². The fraction of sp³-hybridized carbons (Fsp3) is 0.0500. The monoisotopic (exact) mass is 383 g/mol. The molecule has 0 aliphatic carbocycles. The molecule has 0 saturated carbocycles. The molecule has 0 aliphatic rings. The Hall–Kier alpha value is -3.32. The van der Waals surface area contributed by atoms with Crippen LogP contribution >= 0.6 is 0 Å². The third kappa shape index (κ3) is 4.09. The zero-order chi connectivity index (χ0) is 19.4. The maximum absolute atomic E-state index is 12.7. The van der Waals surface area contributed by atoms with E-state index >= 15 is 0 Å². The molecule has 6 nitrogen and oxygen atoms in total. The van der Waals surface area contributed by atoms with E-state index in [0.29, 0.717) is 5.69 Å². The Morgan fingerprint density at radius 1 is 0.926 bits per heavy atom. The first-order chi connectivity index (χ1) is 12.9. The van der Waals surface area contributed by atoms with Gasteiger partial charge in [-0.25, -0.2) is 13.2 Å². The van der Waals surface area contributed by atoms with E-state index in [1.54, 1.807) is 24.3 Å². The van der Waals surface area contributed by atoms with Gasteiger partial charge in [0.05, 0.1) is 12.7 Å². The number of sulfonamides is 1. The van der Waals surface area contributed by atoms with Crippen molar-refractivity contribution < 1.29 is 23.1 Å².